The normalized spacial score (nSPS) is 11.9. The minimum absolute atomic E-state index is 0.117. The third kappa shape index (κ3) is 6.35. The first kappa shape index (κ1) is 15.7. The summed E-state index contributed by atoms with van der Waals surface area (Å²) >= 11 is 0. The average Bonchev–Trinajstić information content (AvgIpc) is 2.61. The van der Waals surface area contributed by atoms with Crippen molar-refractivity contribution in [1.82, 2.24) is 15.4 Å². The second kappa shape index (κ2) is 6.68. The summed E-state index contributed by atoms with van der Waals surface area (Å²) in [4.78, 5) is 13.8. The van der Waals surface area contributed by atoms with Crippen molar-refractivity contribution in [3.8, 4) is 0 Å². The van der Waals surface area contributed by atoms with E-state index >= 15 is 0 Å². The van der Waals surface area contributed by atoms with Crippen LogP contribution in [0.1, 0.15) is 19.6 Å². The summed E-state index contributed by atoms with van der Waals surface area (Å²) in [6, 6.07) is 1.69. The van der Waals surface area contributed by atoms with Gasteiger partial charge in [0.15, 0.2) is 5.82 Å². The number of carbonyl (C=O) groups is 1. The molecular weight excluding hydrogens is 244 g/mol. The zero-order valence-corrected chi connectivity index (χ0v) is 12.4. The molecule has 0 aromatic carbocycles. The molecule has 1 amide bonds. The van der Waals surface area contributed by atoms with Crippen molar-refractivity contribution in [2.24, 2.45) is 5.41 Å². The van der Waals surface area contributed by atoms with Gasteiger partial charge in [-0.1, -0.05) is 19.0 Å². The number of hydrogen-bond acceptors (Lipinski definition) is 5. The molecule has 0 aliphatic carbocycles. The predicted molar refractivity (Wildman–Crippen MR) is 75.1 cm³/mol. The molecule has 0 spiro atoms. The number of carbonyl (C=O) groups excluding carboxylic acids is 1. The molecule has 1 rings (SSSR count). The van der Waals surface area contributed by atoms with Crippen LogP contribution < -0.4 is 10.6 Å². The van der Waals surface area contributed by atoms with Gasteiger partial charge in [-0.05, 0) is 26.4 Å². The van der Waals surface area contributed by atoms with E-state index in [-0.39, 0.29) is 17.9 Å². The molecule has 19 heavy (non-hydrogen) atoms. The molecule has 0 atom stereocenters. The van der Waals surface area contributed by atoms with Crippen LogP contribution in [0.15, 0.2) is 10.6 Å². The van der Waals surface area contributed by atoms with Gasteiger partial charge in [0.2, 0.25) is 5.91 Å². The molecule has 0 aliphatic rings. The lowest BCUT2D eigenvalue weighted by Gasteiger charge is -2.28. The van der Waals surface area contributed by atoms with Gasteiger partial charge in [0.1, 0.15) is 5.76 Å². The predicted octanol–water partition coefficient (Wildman–Crippen LogP) is 1.10. The number of anilines is 1. The zero-order chi connectivity index (χ0) is 14.5. The first-order valence-electron chi connectivity index (χ1n) is 6.37. The van der Waals surface area contributed by atoms with Crippen LogP contribution in [0, 0.1) is 12.3 Å². The Kier molecular flexibility index (Phi) is 5.50. The number of amides is 1. The Morgan fingerprint density at radius 3 is 2.68 bits per heavy atom. The summed E-state index contributed by atoms with van der Waals surface area (Å²) in [6.45, 7) is 8.12. The highest BCUT2D eigenvalue weighted by Crippen LogP contribution is 2.13. The SMILES string of the molecule is Cc1cc(NC(=O)CNCC(C)(C)CN(C)C)no1. The maximum Gasteiger partial charge on any atom is 0.239 e. The Balaban J connectivity index is 2.27. The first-order valence-corrected chi connectivity index (χ1v) is 6.37. The van der Waals surface area contributed by atoms with Crippen LogP contribution in [-0.2, 0) is 4.79 Å². The lowest BCUT2D eigenvalue weighted by Crippen LogP contribution is -2.40. The van der Waals surface area contributed by atoms with Crippen LogP contribution in [0.5, 0.6) is 0 Å². The van der Waals surface area contributed by atoms with Crippen LogP contribution in [-0.4, -0.2) is 49.7 Å². The van der Waals surface area contributed by atoms with Crippen molar-refractivity contribution in [3.05, 3.63) is 11.8 Å². The molecule has 0 radical (unpaired) electrons. The molecular formula is C13H24N4O2. The van der Waals surface area contributed by atoms with Gasteiger partial charge in [0.05, 0.1) is 6.54 Å². The van der Waals surface area contributed by atoms with Gasteiger partial charge in [-0.3, -0.25) is 4.79 Å². The van der Waals surface area contributed by atoms with Crippen LogP contribution in [0.4, 0.5) is 5.82 Å². The van der Waals surface area contributed by atoms with Crippen LogP contribution in [0.2, 0.25) is 0 Å². The number of nitrogens with zero attached hydrogens (tertiary/aromatic N) is 2. The Bertz CT molecular complexity index is 413. The average molecular weight is 268 g/mol. The molecule has 0 saturated carbocycles. The van der Waals surface area contributed by atoms with Gasteiger partial charge >= 0.3 is 0 Å². The van der Waals surface area contributed by atoms with Gasteiger partial charge in [-0.25, -0.2) is 0 Å². The topological polar surface area (TPSA) is 70.4 Å². The summed E-state index contributed by atoms with van der Waals surface area (Å²) in [6.07, 6.45) is 0. The van der Waals surface area contributed by atoms with Crippen molar-refractivity contribution >= 4 is 11.7 Å². The lowest BCUT2D eigenvalue weighted by molar-refractivity contribution is -0.115. The highest BCUT2D eigenvalue weighted by atomic mass is 16.5. The minimum Gasteiger partial charge on any atom is -0.360 e. The fourth-order valence-electron chi connectivity index (χ4n) is 2.04. The molecule has 1 aromatic rings. The van der Waals surface area contributed by atoms with Crippen molar-refractivity contribution in [3.63, 3.8) is 0 Å². The molecule has 0 saturated heterocycles. The molecule has 6 nitrogen and oxygen atoms in total. The summed E-state index contributed by atoms with van der Waals surface area (Å²) in [5.41, 5.74) is 0.119. The maximum atomic E-state index is 11.7. The molecule has 108 valence electrons. The molecule has 1 heterocycles. The van der Waals surface area contributed by atoms with Gasteiger partial charge in [0, 0.05) is 19.2 Å². The Hall–Kier alpha value is -1.40. The van der Waals surface area contributed by atoms with E-state index in [0.717, 1.165) is 13.1 Å². The summed E-state index contributed by atoms with van der Waals surface area (Å²) in [5.74, 6) is 1.01. The van der Waals surface area contributed by atoms with E-state index in [1.54, 1.807) is 13.0 Å². The van der Waals surface area contributed by atoms with Crippen LogP contribution in [0.3, 0.4) is 0 Å². The third-order valence-corrected chi connectivity index (χ3v) is 2.53. The Labute approximate surface area is 114 Å². The van der Waals surface area contributed by atoms with E-state index in [9.17, 15) is 4.79 Å². The fraction of sp³-hybridized carbons (Fsp3) is 0.692. The van der Waals surface area contributed by atoms with Gasteiger partial charge in [0.25, 0.3) is 0 Å². The van der Waals surface area contributed by atoms with E-state index in [1.807, 2.05) is 14.1 Å². The quantitative estimate of drug-likeness (QED) is 0.775. The summed E-state index contributed by atoms with van der Waals surface area (Å²) in [5, 5.41) is 9.54. The van der Waals surface area contributed by atoms with E-state index in [0.29, 0.717) is 11.6 Å². The number of nitrogens with one attached hydrogen (secondary N) is 2. The largest absolute Gasteiger partial charge is 0.360 e. The third-order valence-electron chi connectivity index (χ3n) is 2.53. The Morgan fingerprint density at radius 2 is 2.16 bits per heavy atom. The van der Waals surface area contributed by atoms with Crippen molar-refractivity contribution in [2.45, 2.75) is 20.8 Å². The lowest BCUT2D eigenvalue weighted by atomic mass is 9.93. The monoisotopic (exact) mass is 268 g/mol. The van der Waals surface area contributed by atoms with E-state index in [1.165, 1.54) is 0 Å². The highest BCUT2D eigenvalue weighted by molar-refractivity contribution is 5.91. The molecule has 0 bridgehead atoms. The van der Waals surface area contributed by atoms with E-state index in [2.05, 4.69) is 34.5 Å². The number of aromatic nitrogens is 1. The van der Waals surface area contributed by atoms with E-state index < -0.39 is 0 Å². The molecule has 0 unspecified atom stereocenters. The second-order valence-electron chi connectivity index (χ2n) is 5.88. The minimum atomic E-state index is -0.117. The van der Waals surface area contributed by atoms with Gasteiger partial charge < -0.3 is 20.1 Å². The standard InChI is InChI=1S/C13H24N4O2/c1-10-6-11(16-19-10)15-12(18)7-14-8-13(2,3)9-17(4)5/h6,14H,7-9H2,1-5H3,(H,15,16,18). The molecule has 2 N–H and O–H groups in total. The summed E-state index contributed by atoms with van der Waals surface area (Å²) in [7, 11) is 4.09. The Morgan fingerprint density at radius 1 is 1.47 bits per heavy atom. The zero-order valence-electron chi connectivity index (χ0n) is 12.4. The number of hydrogen-bond donors (Lipinski definition) is 2. The number of aryl methyl sites for hydroxylation is 1. The van der Waals surface area contributed by atoms with Crippen molar-refractivity contribution < 1.29 is 9.32 Å². The fourth-order valence-corrected chi connectivity index (χ4v) is 2.04. The number of rotatable bonds is 7. The van der Waals surface area contributed by atoms with E-state index in [4.69, 9.17) is 4.52 Å². The smallest absolute Gasteiger partial charge is 0.239 e. The van der Waals surface area contributed by atoms with Crippen molar-refractivity contribution in [2.75, 3.05) is 39.0 Å². The molecule has 0 aliphatic heterocycles. The molecule has 0 fully saturated rings. The maximum absolute atomic E-state index is 11.7. The second-order valence-corrected chi connectivity index (χ2v) is 5.88. The van der Waals surface area contributed by atoms with Crippen LogP contribution in [0.25, 0.3) is 0 Å². The summed E-state index contributed by atoms with van der Waals surface area (Å²) < 4.78 is 4.88. The molecule has 1 aromatic heterocycles. The van der Waals surface area contributed by atoms with Gasteiger partial charge in [-0.15, -0.1) is 0 Å². The van der Waals surface area contributed by atoms with Crippen LogP contribution >= 0.6 is 0 Å². The highest BCUT2D eigenvalue weighted by Gasteiger charge is 2.18. The molecule has 6 heteroatoms. The first-order chi connectivity index (χ1) is 8.78. The van der Waals surface area contributed by atoms with Gasteiger partial charge in [-0.2, -0.15) is 0 Å². The van der Waals surface area contributed by atoms with Crippen molar-refractivity contribution in [1.29, 1.82) is 0 Å².